The van der Waals surface area contributed by atoms with Crippen LogP contribution in [0, 0.1) is 15.9 Å². The van der Waals surface area contributed by atoms with Crippen LogP contribution in [0.2, 0.25) is 0 Å². The highest BCUT2D eigenvalue weighted by Crippen LogP contribution is 2.26. The lowest BCUT2D eigenvalue weighted by molar-refractivity contribution is -0.388. The first-order valence-corrected chi connectivity index (χ1v) is 6.68. The molecule has 1 unspecified atom stereocenters. The van der Waals surface area contributed by atoms with Gasteiger partial charge in [-0.2, -0.15) is 4.31 Å². The smallest absolute Gasteiger partial charge is 0.292 e. The molecular formula is C10H13FN2O5S. The standard InChI is InChI=1S/C10H13FN2O5S/c1-7(14)6-12(2)19(17,18)10-4-3-8(11)5-9(10)13(15)16/h3-5,7,14H,6H2,1-2H3. The fourth-order valence-corrected chi connectivity index (χ4v) is 2.87. The number of likely N-dealkylation sites (N-methyl/N-ethyl adjacent to an activating group) is 1. The molecule has 7 nitrogen and oxygen atoms in total. The van der Waals surface area contributed by atoms with Crippen molar-refractivity contribution in [3.05, 3.63) is 34.1 Å². The van der Waals surface area contributed by atoms with Crippen LogP contribution in [0.3, 0.4) is 0 Å². The molecule has 0 amide bonds. The quantitative estimate of drug-likeness (QED) is 0.637. The molecule has 0 fully saturated rings. The van der Waals surface area contributed by atoms with E-state index in [0.29, 0.717) is 6.07 Å². The molecule has 1 rings (SSSR count). The van der Waals surface area contributed by atoms with Crippen LogP contribution in [0.4, 0.5) is 10.1 Å². The van der Waals surface area contributed by atoms with Crippen LogP contribution >= 0.6 is 0 Å². The van der Waals surface area contributed by atoms with Crippen LogP contribution in [0.5, 0.6) is 0 Å². The topological polar surface area (TPSA) is 101 Å². The first-order chi connectivity index (χ1) is 8.66. The zero-order chi connectivity index (χ0) is 14.8. The second-order valence-corrected chi connectivity index (χ2v) is 6.02. The van der Waals surface area contributed by atoms with E-state index in [1.165, 1.54) is 14.0 Å². The fourth-order valence-electron chi connectivity index (χ4n) is 1.49. The highest BCUT2D eigenvalue weighted by atomic mass is 32.2. The maximum Gasteiger partial charge on any atom is 0.292 e. The van der Waals surface area contributed by atoms with E-state index in [4.69, 9.17) is 5.11 Å². The van der Waals surface area contributed by atoms with Crippen LogP contribution in [-0.2, 0) is 10.0 Å². The monoisotopic (exact) mass is 292 g/mol. The molecule has 0 bridgehead atoms. The first kappa shape index (κ1) is 15.5. The molecule has 9 heteroatoms. The summed E-state index contributed by atoms with van der Waals surface area (Å²) < 4.78 is 37.9. The summed E-state index contributed by atoms with van der Waals surface area (Å²) in [5.74, 6) is -0.899. The third kappa shape index (κ3) is 3.46. The number of aliphatic hydroxyl groups is 1. The van der Waals surface area contributed by atoms with Crippen molar-refractivity contribution in [1.82, 2.24) is 4.31 Å². The number of benzene rings is 1. The molecule has 0 saturated carbocycles. The summed E-state index contributed by atoms with van der Waals surface area (Å²) in [5.41, 5.74) is -0.836. The Bertz CT molecular complexity index is 588. The van der Waals surface area contributed by atoms with Gasteiger partial charge in [-0.3, -0.25) is 10.1 Å². The minimum absolute atomic E-state index is 0.225. The van der Waals surface area contributed by atoms with Crippen molar-refractivity contribution in [1.29, 1.82) is 0 Å². The van der Waals surface area contributed by atoms with Gasteiger partial charge in [0.05, 0.1) is 17.1 Å². The van der Waals surface area contributed by atoms with Gasteiger partial charge in [0.1, 0.15) is 5.82 Å². The molecule has 0 aliphatic carbocycles. The Kier molecular flexibility index (Phi) is 4.56. The molecule has 106 valence electrons. The summed E-state index contributed by atoms with van der Waals surface area (Å²) >= 11 is 0. The van der Waals surface area contributed by atoms with Crippen molar-refractivity contribution in [2.45, 2.75) is 17.9 Å². The molecule has 1 atom stereocenters. The summed E-state index contributed by atoms with van der Waals surface area (Å²) in [6, 6.07) is 2.21. The molecule has 0 aliphatic rings. The molecule has 0 aromatic heterocycles. The van der Waals surface area contributed by atoms with E-state index in [9.17, 15) is 22.9 Å². The molecule has 19 heavy (non-hydrogen) atoms. The largest absolute Gasteiger partial charge is 0.392 e. The Hall–Kier alpha value is -1.58. The molecule has 0 aliphatic heterocycles. The second kappa shape index (κ2) is 5.59. The molecule has 1 aromatic rings. The van der Waals surface area contributed by atoms with E-state index in [1.54, 1.807) is 0 Å². The van der Waals surface area contributed by atoms with Crippen molar-refractivity contribution >= 4 is 15.7 Å². The Labute approximate surface area is 109 Å². The SMILES string of the molecule is CC(O)CN(C)S(=O)(=O)c1ccc(F)cc1[N+](=O)[O-]. The number of aliphatic hydroxyl groups excluding tert-OH is 1. The number of nitro groups is 1. The lowest BCUT2D eigenvalue weighted by Crippen LogP contribution is -2.33. The van der Waals surface area contributed by atoms with Crippen molar-refractivity contribution in [3.63, 3.8) is 0 Å². The summed E-state index contributed by atoms with van der Waals surface area (Å²) in [4.78, 5) is 9.20. The van der Waals surface area contributed by atoms with Crippen LogP contribution in [0.1, 0.15) is 6.92 Å². The Balaban J connectivity index is 3.33. The lowest BCUT2D eigenvalue weighted by atomic mass is 10.3. The summed E-state index contributed by atoms with van der Waals surface area (Å²) in [5, 5.41) is 19.9. The molecular weight excluding hydrogens is 279 g/mol. The maximum atomic E-state index is 13.0. The van der Waals surface area contributed by atoms with E-state index in [2.05, 4.69) is 0 Å². The summed E-state index contributed by atoms with van der Waals surface area (Å²) in [6.07, 6.45) is -0.931. The number of nitrogens with zero attached hydrogens (tertiary/aromatic N) is 2. The highest BCUT2D eigenvalue weighted by Gasteiger charge is 2.30. The lowest BCUT2D eigenvalue weighted by Gasteiger charge is -2.18. The fraction of sp³-hybridized carbons (Fsp3) is 0.400. The van der Waals surface area contributed by atoms with Crippen LogP contribution in [0.15, 0.2) is 23.1 Å². The number of rotatable bonds is 5. The third-order valence-corrected chi connectivity index (χ3v) is 4.20. The molecule has 0 spiro atoms. The minimum atomic E-state index is -4.16. The zero-order valence-corrected chi connectivity index (χ0v) is 11.1. The van der Waals surface area contributed by atoms with Crippen molar-refractivity contribution in [2.24, 2.45) is 0 Å². The van der Waals surface area contributed by atoms with Gasteiger partial charge in [0, 0.05) is 13.6 Å². The number of hydrogen-bond acceptors (Lipinski definition) is 5. The highest BCUT2D eigenvalue weighted by molar-refractivity contribution is 7.89. The number of sulfonamides is 1. The second-order valence-electron chi connectivity index (χ2n) is 4.00. The average Bonchev–Trinajstić information content (AvgIpc) is 2.27. The average molecular weight is 292 g/mol. The van der Waals surface area contributed by atoms with Crippen molar-refractivity contribution in [2.75, 3.05) is 13.6 Å². The van der Waals surface area contributed by atoms with Gasteiger partial charge in [0.25, 0.3) is 5.69 Å². The Morgan fingerprint density at radius 1 is 1.53 bits per heavy atom. The van der Waals surface area contributed by atoms with Crippen LogP contribution in [-0.4, -0.2) is 42.4 Å². The minimum Gasteiger partial charge on any atom is -0.392 e. The molecule has 1 N–H and O–H groups in total. The van der Waals surface area contributed by atoms with Crippen LogP contribution < -0.4 is 0 Å². The van der Waals surface area contributed by atoms with Gasteiger partial charge in [-0.05, 0) is 19.1 Å². The van der Waals surface area contributed by atoms with E-state index < -0.39 is 37.5 Å². The van der Waals surface area contributed by atoms with Gasteiger partial charge in [-0.25, -0.2) is 12.8 Å². The van der Waals surface area contributed by atoms with Crippen molar-refractivity contribution < 1.29 is 22.8 Å². The number of hydrogen-bond donors (Lipinski definition) is 1. The Morgan fingerprint density at radius 3 is 2.58 bits per heavy atom. The first-order valence-electron chi connectivity index (χ1n) is 5.24. The molecule has 0 radical (unpaired) electrons. The van der Waals surface area contributed by atoms with Gasteiger partial charge in [-0.15, -0.1) is 0 Å². The number of nitro benzene ring substituents is 1. The van der Waals surface area contributed by atoms with E-state index >= 15 is 0 Å². The number of halogens is 1. The van der Waals surface area contributed by atoms with E-state index in [-0.39, 0.29) is 6.54 Å². The third-order valence-electron chi connectivity index (χ3n) is 2.33. The molecule has 0 saturated heterocycles. The summed E-state index contributed by atoms with van der Waals surface area (Å²) in [6.45, 7) is 1.15. The predicted octanol–water partition coefficient (Wildman–Crippen LogP) is 0.735. The van der Waals surface area contributed by atoms with Gasteiger partial charge >= 0.3 is 0 Å². The normalized spacial score (nSPS) is 13.5. The summed E-state index contributed by atoms with van der Waals surface area (Å²) in [7, 11) is -2.99. The molecule has 0 heterocycles. The van der Waals surface area contributed by atoms with Gasteiger partial charge in [0.2, 0.25) is 10.0 Å². The zero-order valence-electron chi connectivity index (χ0n) is 10.3. The van der Waals surface area contributed by atoms with E-state index in [1.807, 2.05) is 0 Å². The Morgan fingerprint density at radius 2 is 2.11 bits per heavy atom. The maximum absolute atomic E-state index is 13.0. The van der Waals surface area contributed by atoms with Gasteiger partial charge in [-0.1, -0.05) is 0 Å². The van der Waals surface area contributed by atoms with Crippen molar-refractivity contribution in [3.8, 4) is 0 Å². The predicted molar refractivity (Wildman–Crippen MR) is 64.6 cm³/mol. The van der Waals surface area contributed by atoms with Crippen LogP contribution in [0.25, 0.3) is 0 Å². The van der Waals surface area contributed by atoms with Gasteiger partial charge < -0.3 is 5.11 Å². The molecule has 1 aromatic carbocycles. The van der Waals surface area contributed by atoms with Gasteiger partial charge in [0.15, 0.2) is 4.90 Å². The van der Waals surface area contributed by atoms with E-state index in [0.717, 1.165) is 16.4 Å².